The molecule has 3 nitrogen and oxygen atoms in total. The summed E-state index contributed by atoms with van der Waals surface area (Å²) in [5.41, 5.74) is -0.0152. The summed E-state index contributed by atoms with van der Waals surface area (Å²) in [6.45, 7) is 6.34. The maximum Gasteiger partial charge on any atom is 0.119 e. The van der Waals surface area contributed by atoms with E-state index < -0.39 is 6.10 Å². The number of fused-ring (bicyclic) bond motifs is 1. The number of rotatable bonds is 0. The Labute approximate surface area is 111 Å². The van der Waals surface area contributed by atoms with Gasteiger partial charge in [-0.2, -0.15) is 10.5 Å². The standard InChI is InChI=1S/C12H16N2OS2/c1-12(2,3)9-6(4-13)16-11-8(9)10(15)7(5-14)17-11/h6-11,15H,1-3H3. The molecule has 17 heavy (non-hydrogen) atoms. The van der Waals surface area contributed by atoms with E-state index in [0.717, 1.165) is 0 Å². The molecule has 2 aliphatic rings. The molecule has 2 fully saturated rings. The monoisotopic (exact) mass is 268 g/mol. The maximum absolute atomic E-state index is 10.2. The molecule has 0 spiro atoms. The van der Waals surface area contributed by atoms with Crippen LogP contribution in [0.4, 0.5) is 0 Å². The summed E-state index contributed by atoms with van der Waals surface area (Å²) in [6.07, 6.45) is -0.593. The van der Waals surface area contributed by atoms with E-state index in [-0.39, 0.29) is 32.3 Å². The summed E-state index contributed by atoms with van der Waals surface area (Å²) < 4.78 is 0.198. The van der Waals surface area contributed by atoms with Crippen LogP contribution < -0.4 is 0 Å². The lowest BCUT2D eigenvalue weighted by Gasteiger charge is -2.34. The van der Waals surface area contributed by atoms with E-state index in [1.165, 1.54) is 11.8 Å². The van der Waals surface area contributed by atoms with Gasteiger partial charge >= 0.3 is 0 Å². The number of aliphatic hydroxyl groups is 1. The molecule has 0 aromatic heterocycles. The molecule has 6 unspecified atom stereocenters. The van der Waals surface area contributed by atoms with Crippen LogP contribution in [0.3, 0.4) is 0 Å². The number of nitrogens with zero attached hydrogens (tertiary/aromatic N) is 2. The van der Waals surface area contributed by atoms with Crippen LogP contribution in [0.2, 0.25) is 0 Å². The summed E-state index contributed by atoms with van der Waals surface area (Å²) in [4.78, 5) is 0. The zero-order chi connectivity index (χ0) is 12.8. The number of nitriles is 2. The molecule has 0 amide bonds. The molecular weight excluding hydrogens is 252 g/mol. The highest BCUT2D eigenvalue weighted by atomic mass is 32.2. The van der Waals surface area contributed by atoms with Gasteiger partial charge in [0, 0.05) is 5.92 Å². The number of hydrogen-bond donors (Lipinski definition) is 1. The third kappa shape index (κ3) is 2.05. The normalized spacial score (nSPS) is 45.1. The Morgan fingerprint density at radius 3 is 2.06 bits per heavy atom. The molecule has 2 saturated heterocycles. The lowest BCUT2D eigenvalue weighted by Crippen LogP contribution is -2.38. The molecule has 92 valence electrons. The molecule has 0 bridgehead atoms. The van der Waals surface area contributed by atoms with Gasteiger partial charge in [-0.05, 0) is 11.3 Å². The molecule has 0 saturated carbocycles. The molecule has 1 N–H and O–H groups in total. The fourth-order valence-corrected chi connectivity index (χ4v) is 6.66. The Hall–Kier alpha value is -0.360. The first-order valence-corrected chi connectivity index (χ1v) is 7.57. The van der Waals surface area contributed by atoms with Crippen LogP contribution in [0, 0.1) is 39.9 Å². The first kappa shape index (κ1) is 13.1. The van der Waals surface area contributed by atoms with Gasteiger partial charge in [-0.15, -0.1) is 23.5 Å². The molecule has 2 heterocycles. The molecule has 0 aromatic carbocycles. The fourth-order valence-electron chi connectivity index (χ4n) is 2.86. The zero-order valence-electron chi connectivity index (χ0n) is 10.1. The predicted octanol–water partition coefficient (Wildman–Crippen LogP) is 2.23. The van der Waals surface area contributed by atoms with Crippen LogP contribution >= 0.6 is 23.5 Å². The third-order valence-corrected chi connectivity index (χ3v) is 6.78. The molecule has 0 aliphatic carbocycles. The number of hydrogen-bond acceptors (Lipinski definition) is 5. The fraction of sp³-hybridized carbons (Fsp3) is 0.833. The molecule has 5 heteroatoms. The van der Waals surface area contributed by atoms with Gasteiger partial charge < -0.3 is 5.11 Å². The predicted molar refractivity (Wildman–Crippen MR) is 70.2 cm³/mol. The lowest BCUT2D eigenvalue weighted by atomic mass is 9.70. The van der Waals surface area contributed by atoms with E-state index in [4.69, 9.17) is 5.26 Å². The van der Waals surface area contributed by atoms with Gasteiger partial charge in [-0.3, -0.25) is 0 Å². The van der Waals surface area contributed by atoms with Gasteiger partial charge in [0.2, 0.25) is 0 Å². The van der Waals surface area contributed by atoms with Crippen molar-refractivity contribution in [2.24, 2.45) is 17.3 Å². The summed E-state index contributed by atoms with van der Waals surface area (Å²) in [7, 11) is 0. The first-order valence-electron chi connectivity index (χ1n) is 5.68. The Kier molecular flexibility index (Phi) is 3.38. The van der Waals surface area contributed by atoms with Crippen molar-refractivity contribution >= 4 is 23.5 Å². The minimum absolute atomic E-state index is 0.0152. The van der Waals surface area contributed by atoms with Crippen LogP contribution in [0.5, 0.6) is 0 Å². The van der Waals surface area contributed by atoms with E-state index in [1.807, 2.05) is 0 Å². The minimum atomic E-state index is -0.593. The Morgan fingerprint density at radius 1 is 1.06 bits per heavy atom. The van der Waals surface area contributed by atoms with Crippen molar-refractivity contribution < 1.29 is 5.11 Å². The smallest absolute Gasteiger partial charge is 0.119 e. The SMILES string of the molecule is CC(C)(C)C1C(C#N)SC2SC(C#N)C(O)C21. The van der Waals surface area contributed by atoms with Gasteiger partial charge in [0.05, 0.1) is 28.1 Å². The molecule has 2 rings (SSSR count). The van der Waals surface area contributed by atoms with Gasteiger partial charge in [0.15, 0.2) is 0 Å². The second-order valence-electron chi connectivity index (χ2n) is 5.70. The van der Waals surface area contributed by atoms with Crippen molar-refractivity contribution in [2.75, 3.05) is 0 Å². The maximum atomic E-state index is 10.2. The van der Waals surface area contributed by atoms with Crippen LogP contribution in [0.15, 0.2) is 0 Å². The second kappa shape index (κ2) is 4.39. The Bertz CT molecular complexity index is 393. The molecule has 0 radical (unpaired) electrons. The highest BCUT2D eigenvalue weighted by Gasteiger charge is 2.58. The second-order valence-corrected chi connectivity index (χ2v) is 8.57. The number of thioether (sulfide) groups is 2. The van der Waals surface area contributed by atoms with E-state index in [2.05, 4.69) is 32.9 Å². The topological polar surface area (TPSA) is 67.8 Å². The van der Waals surface area contributed by atoms with E-state index in [9.17, 15) is 10.4 Å². The molecule has 0 aromatic rings. The Morgan fingerprint density at radius 2 is 1.59 bits per heavy atom. The van der Waals surface area contributed by atoms with Crippen molar-refractivity contribution in [1.29, 1.82) is 10.5 Å². The molecule has 2 aliphatic heterocycles. The highest BCUT2D eigenvalue weighted by Crippen LogP contribution is 2.60. The van der Waals surface area contributed by atoms with Gasteiger partial charge in [0.25, 0.3) is 0 Å². The van der Waals surface area contributed by atoms with Crippen LogP contribution in [-0.2, 0) is 0 Å². The van der Waals surface area contributed by atoms with Crippen molar-refractivity contribution in [3.63, 3.8) is 0 Å². The first-order chi connectivity index (χ1) is 7.90. The van der Waals surface area contributed by atoms with Crippen molar-refractivity contribution in [3.05, 3.63) is 0 Å². The third-order valence-electron chi connectivity index (χ3n) is 3.58. The largest absolute Gasteiger partial charge is 0.390 e. The Balaban J connectivity index is 2.31. The van der Waals surface area contributed by atoms with Gasteiger partial charge in [-0.25, -0.2) is 0 Å². The number of aliphatic hydroxyl groups excluding tert-OH is 1. The molecular formula is C12H16N2OS2. The van der Waals surface area contributed by atoms with Crippen LogP contribution in [0.1, 0.15) is 20.8 Å². The lowest BCUT2D eigenvalue weighted by molar-refractivity contribution is 0.0633. The van der Waals surface area contributed by atoms with Crippen LogP contribution in [0.25, 0.3) is 0 Å². The summed E-state index contributed by atoms with van der Waals surface area (Å²) in [5, 5.41) is 28.1. The van der Waals surface area contributed by atoms with Gasteiger partial charge in [0.1, 0.15) is 5.25 Å². The zero-order valence-corrected chi connectivity index (χ0v) is 11.8. The van der Waals surface area contributed by atoms with E-state index in [1.54, 1.807) is 11.8 Å². The van der Waals surface area contributed by atoms with Crippen molar-refractivity contribution in [2.45, 2.75) is 42.0 Å². The van der Waals surface area contributed by atoms with Crippen molar-refractivity contribution in [1.82, 2.24) is 0 Å². The van der Waals surface area contributed by atoms with E-state index >= 15 is 0 Å². The van der Waals surface area contributed by atoms with Crippen molar-refractivity contribution in [3.8, 4) is 12.1 Å². The minimum Gasteiger partial charge on any atom is -0.390 e. The average Bonchev–Trinajstić information content (AvgIpc) is 2.74. The summed E-state index contributed by atoms with van der Waals surface area (Å²) in [5.74, 6) is 0.225. The van der Waals surface area contributed by atoms with Gasteiger partial charge in [-0.1, -0.05) is 20.8 Å². The quantitative estimate of drug-likeness (QED) is 0.729. The highest BCUT2D eigenvalue weighted by molar-refractivity contribution is 8.18. The van der Waals surface area contributed by atoms with E-state index in [0.29, 0.717) is 0 Å². The summed E-state index contributed by atoms with van der Waals surface area (Å²) >= 11 is 3.16. The molecule has 6 atom stereocenters. The summed E-state index contributed by atoms with van der Waals surface area (Å²) in [6, 6.07) is 4.52. The van der Waals surface area contributed by atoms with Crippen LogP contribution in [-0.4, -0.2) is 26.3 Å². The average molecular weight is 268 g/mol.